The molecule has 33 heavy (non-hydrogen) atoms. The molecule has 0 saturated carbocycles. The summed E-state index contributed by atoms with van der Waals surface area (Å²) < 4.78 is 20.7. The highest BCUT2D eigenvalue weighted by atomic mass is 32.2. The van der Waals surface area contributed by atoms with E-state index in [4.69, 9.17) is 4.74 Å². The van der Waals surface area contributed by atoms with Gasteiger partial charge in [-0.15, -0.1) is 16.9 Å². The number of benzene rings is 3. The van der Waals surface area contributed by atoms with Crippen LogP contribution < -0.4 is 4.74 Å². The molecule has 0 aliphatic rings. The summed E-state index contributed by atoms with van der Waals surface area (Å²) in [4.78, 5) is 15.6. The van der Waals surface area contributed by atoms with Crippen LogP contribution >= 0.6 is 11.8 Å². The first-order valence-corrected chi connectivity index (χ1v) is 11.2. The highest BCUT2D eigenvalue weighted by molar-refractivity contribution is 7.98. The van der Waals surface area contributed by atoms with Gasteiger partial charge < -0.3 is 9.64 Å². The number of para-hydroxylation sites is 1. The Balaban J connectivity index is 1.48. The Morgan fingerprint density at radius 3 is 2.61 bits per heavy atom. The van der Waals surface area contributed by atoms with E-state index in [-0.39, 0.29) is 18.2 Å². The highest BCUT2D eigenvalue weighted by Crippen LogP contribution is 2.27. The third kappa shape index (κ3) is 5.20. The molecule has 0 bridgehead atoms. The maximum absolute atomic E-state index is 14.0. The second-order valence-corrected chi connectivity index (χ2v) is 8.27. The molecule has 0 atom stereocenters. The molecule has 7 nitrogen and oxygen atoms in total. The number of halogens is 1. The minimum atomic E-state index is -0.456. The molecule has 3 aromatic carbocycles. The number of rotatable bonds is 8. The molecule has 0 fully saturated rings. The summed E-state index contributed by atoms with van der Waals surface area (Å²) >= 11 is 1.49. The van der Waals surface area contributed by atoms with Crippen molar-refractivity contribution in [2.75, 3.05) is 14.2 Å². The Hall–Kier alpha value is -3.72. The van der Waals surface area contributed by atoms with Crippen molar-refractivity contribution in [2.45, 2.75) is 17.2 Å². The van der Waals surface area contributed by atoms with Gasteiger partial charge in [0.25, 0.3) is 5.91 Å². The van der Waals surface area contributed by atoms with Gasteiger partial charge in [-0.05, 0) is 52.4 Å². The van der Waals surface area contributed by atoms with Crippen molar-refractivity contribution in [3.8, 4) is 11.4 Å². The molecule has 4 rings (SSSR count). The van der Waals surface area contributed by atoms with Crippen molar-refractivity contribution in [3.05, 3.63) is 95.6 Å². The summed E-state index contributed by atoms with van der Waals surface area (Å²) in [6.45, 7) is 0.269. The van der Waals surface area contributed by atoms with Gasteiger partial charge in [0, 0.05) is 18.5 Å². The van der Waals surface area contributed by atoms with Gasteiger partial charge in [-0.25, -0.2) is 4.39 Å². The number of ether oxygens (including phenoxy) is 1. The predicted molar refractivity (Wildman–Crippen MR) is 124 cm³/mol. The van der Waals surface area contributed by atoms with Crippen LogP contribution in [0.2, 0.25) is 0 Å². The zero-order valence-corrected chi connectivity index (χ0v) is 19.0. The molecule has 0 aliphatic heterocycles. The smallest absolute Gasteiger partial charge is 0.255 e. The second kappa shape index (κ2) is 10.3. The molecule has 1 heterocycles. The zero-order chi connectivity index (χ0) is 23.2. The number of carbonyl (C=O) groups excluding carboxylic acids is 1. The lowest BCUT2D eigenvalue weighted by Gasteiger charge is -2.19. The Bertz CT molecular complexity index is 1250. The van der Waals surface area contributed by atoms with Crippen LogP contribution in [0.1, 0.15) is 21.7 Å². The molecule has 1 aromatic heterocycles. The molecular weight excluding hydrogens is 441 g/mol. The maximum Gasteiger partial charge on any atom is 0.255 e. The van der Waals surface area contributed by atoms with Crippen LogP contribution in [0.3, 0.4) is 0 Å². The third-order valence-corrected chi connectivity index (χ3v) is 6.06. The molecule has 1 amide bonds. The Morgan fingerprint density at radius 1 is 1.09 bits per heavy atom. The average Bonchev–Trinajstić information content (AvgIpc) is 3.32. The minimum Gasteiger partial charge on any atom is -0.494 e. The summed E-state index contributed by atoms with van der Waals surface area (Å²) in [5.41, 5.74) is 2.11. The van der Waals surface area contributed by atoms with Gasteiger partial charge in [-0.1, -0.05) is 36.4 Å². The van der Waals surface area contributed by atoms with Gasteiger partial charge in [0.15, 0.2) is 17.4 Å². The van der Waals surface area contributed by atoms with E-state index in [1.165, 1.54) is 24.9 Å². The van der Waals surface area contributed by atoms with Gasteiger partial charge in [0.1, 0.15) is 0 Å². The zero-order valence-electron chi connectivity index (χ0n) is 18.2. The largest absolute Gasteiger partial charge is 0.494 e. The fourth-order valence-electron chi connectivity index (χ4n) is 3.34. The van der Waals surface area contributed by atoms with Crippen molar-refractivity contribution in [2.24, 2.45) is 0 Å². The molecule has 4 aromatic rings. The monoisotopic (exact) mass is 463 g/mol. The SMILES string of the molecule is COc1ccc(CN(C)C(=O)c2ccccc2SCc2nnnn2-c2ccccc2)cc1F. The molecule has 9 heteroatoms. The van der Waals surface area contributed by atoms with Crippen LogP contribution in [0.4, 0.5) is 4.39 Å². The summed E-state index contributed by atoms with van der Waals surface area (Å²) in [5.74, 6) is 0.724. The van der Waals surface area contributed by atoms with Crippen LogP contribution in [0, 0.1) is 5.82 Å². The molecule has 0 saturated heterocycles. The molecule has 0 aliphatic carbocycles. The van der Waals surface area contributed by atoms with Crippen molar-refractivity contribution in [1.29, 1.82) is 0 Å². The number of hydrogen-bond acceptors (Lipinski definition) is 6. The van der Waals surface area contributed by atoms with Gasteiger partial charge >= 0.3 is 0 Å². The number of amides is 1. The topological polar surface area (TPSA) is 73.1 Å². The van der Waals surface area contributed by atoms with Gasteiger partial charge in [-0.3, -0.25) is 4.79 Å². The molecular formula is C24H22FN5O2S. The molecule has 0 spiro atoms. The Labute approximate surface area is 195 Å². The van der Waals surface area contributed by atoms with E-state index >= 15 is 0 Å². The molecule has 0 unspecified atom stereocenters. The van der Waals surface area contributed by atoms with E-state index in [1.807, 2.05) is 48.5 Å². The lowest BCUT2D eigenvalue weighted by Crippen LogP contribution is -2.26. The molecule has 0 N–H and O–H groups in total. The average molecular weight is 464 g/mol. The van der Waals surface area contributed by atoms with Crippen LogP contribution in [0.25, 0.3) is 5.69 Å². The third-order valence-electron chi connectivity index (χ3n) is 4.99. The van der Waals surface area contributed by atoms with Crippen molar-refractivity contribution in [3.63, 3.8) is 0 Å². The maximum atomic E-state index is 14.0. The highest BCUT2D eigenvalue weighted by Gasteiger charge is 2.18. The molecule has 168 valence electrons. The second-order valence-electron chi connectivity index (χ2n) is 7.26. The van der Waals surface area contributed by atoms with Gasteiger partial charge in [0.2, 0.25) is 0 Å². The van der Waals surface area contributed by atoms with E-state index < -0.39 is 5.82 Å². The van der Waals surface area contributed by atoms with E-state index in [0.717, 1.165) is 10.6 Å². The Kier molecular flexibility index (Phi) is 6.99. The first-order chi connectivity index (χ1) is 16.1. The fourth-order valence-corrected chi connectivity index (χ4v) is 4.29. The fraction of sp³-hybridized carbons (Fsp3) is 0.167. The number of tetrazole rings is 1. The van der Waals surface area contributed by atoms with E-state index in [1.54, 1.807) is 34.8 Å². The van der Waals surface area contributed by atoms with Crippen LogP contribution in [0.5, 0.6) is 5.75 Å². The number of methoxy groups -OCH3 is 1. The van der Waals surface area contributed by atoms with Crippen molar-refractivity contribution < 1.29 is 13.9 Å². The number of carbonyl (C=O) groups is 1. The first kappa shape index (κ1) is 22.5. The predicted octanol–water partition coefficient (Wildman–Crippen LogP) is 4.37. The van der Waals surface area contributed by atoms with Crippen LogP contribution in [-0.2, 0) is 12.3 Å². The minimum absolute atomic E-state index is 0.156. The lowest BCUT2D eigenvalue weighted by molar-refractivity contribution is 0.0781. The molecule has 0 radical (unpaired) electrons. The number of hydrogen-bond donors (Lipinski definition) is 0. The summed E-state index contributed by atoms with van der Waals surface area (Å²) in [6.07, 6.45) is 0. The van der Waals surface area contributed by atoms with Crippen molar-refractivity contribution >= 4 is 17.7 Å². The van der Waals surface area contributed by atoms with Crippen molar-refractivity contribution in [1.82, 2.24) is 25.1 Å². The lowest BCUT2D eigenvalue weighted by atomic mass is 10.1. The summed E-state index contributed by atoms with van der Waals surface area (Å²) in [5, 5.41) is 12.0. The standard InChI is InChI=1S/C24H22FN5O2S/c1-29(15-17-12-13-21(32-2)20(25)14-17)24(31)19-10-6-7-11-22(19)33-16-23-26-27-28-30(23)18-8-4-3-5-9-18/h3-14H,15-16H2,1-2H3. The normalized spacial score (nSPS) is 10.8. The summed E-state index contributed by atoms with van der Waals surface area (Å²) in [7, 11) is 3.11. The van der Waals surface area contributed by atoms with Gasteiger partial charge in [-0.2, -0.15) is 4.68 Å². The van der Waals surface area contributed by atoms with Crippen LogP contribution in [-0.4, -0.2) is 45.2 Å². The summed E-state index contributed by atoms with van der Waals surface area (Å²) in [6, 6.07) is 21.7. The number of thioether (sulfide) groups is 1. The van der Waals surface area contributed by atoms with Gasteiger partial charge in [0.05, 0.1) is 24.1 Å². The quantitative estimate of drug-likeness (QED) is 0.361. The number of nitrogens with zero attached hydrogens (tertiary/aromatic N) is 5. The van der Waals surface area contributed by atoms with E-state index in [9.17, 15) is 9.18 Å². The first-order valence-electron chi connectivity index (χ1n) is 10.2. The van der Waals surface area contributed by atoms with Crippen LogP contribution in [0.15, 0.2) is 77.7 Å². The van der Waals surface area contributed by atoms with E-state index in [0.29, 0.717) is 22.7 Å². The number of aromatic nitrogens is 4. The van der Waals surface area contributed by atoms with E-state index in [2.05, 4.69) is 15.5 Å². The Morgan fingerprint density at radius 2 is 1.85 bits per heavy atom.